The van der Waals surface area contributed by atoms with Crippen LogP contribution in [0.25, 0.3) is 11.3 Å². The maximum atomic E-state index is 14.9. The average molecular weight is 457 g/mol. The molecule has 2 heterocycles. The highest BCUT2D eigenvalue weighted by Gasteiger charge is 2.38. The Hall–Kier alpha value is -3.07. The van der Waals surface area contributed by atoms with E-state index in [1.165, 1.54) is 28.8 Å². The van der Waals surface area contributed by atoms with Gasteiger partial charge in [0.2, 0.25) is 23.2 Å². The quantitative estimate of drug-likeness (QED) is 0.491. The third-order valence-corrected chi connectivity index (χ3v) is 5.85. The van der Waals surface area contributed by atoms with Gasteiger partial charge in [0.05, 0.1) is 11.3 Å². The molecule has 1 unspecified atom stereocenters. The maximum Gasteiger partial charge on any atom is 0.247 e. The smallest absolute Gasteiger partial charge is 0.247 e. The molecule has 0 fully saturated rings. The van der Waals surface area contributed by atoms with Crippen LogP contribution in [0.3, 0.4) is 0 Å². The normalized spacial score (nSPS) is 14.9. The summed E-state index contributed by atoms with van der Waals surface area (Å²) in [4.78, 5) is 19.0. The highest BCUT2D eigenvalue weighted by Crippen LogP contribution is 2.46. The Balaban J connectivity index is 2.05. The number of nitrogens with zero attached hydrogens (tertiary/aromatic N) is 4. The number of aryl methyl sites for hydroxylation is 2. The van der Waals surface area contributed by atoms with E-state index in [1.807, 2.05) is 32.9 Å². The number of aromatic nitrogens is 3. The summed E-state index contributed by atoms with van der Waals surface area (Å²) in [5.74, 6) is -1.58. The second-order valence-corrected chi connectivity index (χ2v) is 8.62. The van der Waals surface area contributed by atoms with Crippen LogP contribution in [-0.2, 0) is 4.79 Å². The molecule has 1 aromatic heterocycles. The van der Waals surface area contributed by atoms with E-state index in [0.29, 0.717) is 22.1 Å². The molecular weight excluding hydrogens is 434 g/mol. The average Bonchev–Trinajstić information content (AvgIpc) is 2.90. The Morgan fingerprint density at radius 2 is 1.97 bits per heavy atom. The first-order valence-corrected chi connectivity index (χ1v) is 11.3. The number of amides is 1. The topological polar surface area (TPSA) is 68.2 Å². The lowest BCUT2D eigenvalue weighted by Crippen LogP contribution is -2.38. The van der Waals surface area contributed by atoms with Crippen molar-refractivity contribution in [1.82, 2.24) is 15.2 Å². The van der Waals surface area contributed by atoms with Crippen molar-refractivity contribution >= 4 is 23.4 Å². The Morgan fingerprint density at radius 1 is 1.19 bits per heavy atom. The van der Waals surface area contributed by atoms with E-state index in [1.54, 1.807) is 6.92 Å². The first-order valence-electron chi connectivity index (χ1n) is 10.3. The van der Waals surface area contributed by atoms with Crippen LogP contribution in [0, 0.1) is 25.5 Å². The number of carbonyl (C=O) groups excluding carboxylic acids is 1. The minimum atomic E-state index is -1.27. The molecule has 3 aromatic rings. The fourth-order valence-electron chi connectivity index (χ4n) is 3.81. The van der Waals surface area contributed by atoms with Crippen LogP contribution >= 0.6 is 11.8 Å². The Bertz CT molecular complexity index is 1200. The lowest BCUT2D eigenvalue weighted by atomic mass is 9.99. The number of halogens is 2. The number of fused-ring (bicyclic) bond motifs is 3. The molecule has 0 radical (unpaired) electrons. The third-order valence-electron chi connectivity index (χ3n) is 5.13. The van der Waals surface area contributed by atoms with Gasteiger partial charge in [0.15, 0.2) is 17.3 Å². The van der Waals surface area contributed by atoms with Crippen molar-refractivity contribution < 1.29 is 18.3 Å². The second kappa shape index (κ2) is 8.82. The number of thioether (sulfide) groups is 1. The number of hydrogen-bond donors (Lipinski definition) is 0. The van der Waals surface area contributed by atoms with Crippen molar-refractivity contribution in [2.75, 3.05) is 10.7 Å². The molecule has 166 valence electrons. The first-order chi connectivity index (χ1) is 15.3. The molecule has 2 aromatic carbocycles. The highest BCUT2D eigenvalue weighted by molar-refractivity contribution is 7.99. The van der Waals surface area contributed by atoms with Gasteiger partial charge < -0.3 is 4.74 Å². The summed E-state index contributed by atoms with van der Waals surface area (Å²) in [6.07, 6.45) is -1.13. The van der Waals surface area contributed by atoms with Crippen molar-refractivity contribution in [2.45, 2.75) is 45.5 Å². The van der Waals surface area contributed by atoms with Gasteiger partial charge in [-0.25, -0.2) is 8.78 Å². The number of anilines is 1. The van der Waals surface area contributed by atoms with Gasteiger partial charge in [0, 0.05) is 12.0 Å². The number of hydrogen-bond acceptors (Lipinski definition) is 6. The summed E-state index contributed by atoms with van der Waals surface area (Å²) in [6, 6.07) is 7.60. The SMILES string of the molecule is CCSc1nnc2c(n1)OC(c1cccc(F)c1F)N(C(=O)CC)c1c(C)cc(C)cc1-2. The molecule has 1 aliphatic heterocycles. The van der Waals surface area contributed by atoms with Crippen molar-refractivity contribution in [2.24, 2.45) is 0 Å². The number of ether oxygens (including phenoxy) is 1. The Labute approximate surface area is 189 Å². The van der Waals surface area contributed by atoms with Crippen LogP contribution in [0.1, 0.15) is 43.2 Å². The number of rotatable bonds is 4. The summed E-state index contributed by atoms with van der Waals surface area (Å²) >= 11 is 1.38. The molecule has 32 heavy (non-hydrogen) atoms. The predicted molar refractivity (Wildman–Crippen MR) is 119 cm³/mol. The predicted octanol–water partition coefficient (Wildman–Crippen LogP) is 5.38. The summed E-state index contributed by atoms with van der Waals surface area (Å²) < 4.78 is 35.2. The van der Waals surface area contributed by atoms with Crippen molar-refractivity contribution in [3.63, 3.8) is 0 Å². The largest absolute Gasteiger partial charge is 0.447 e. The van der Waals surface area contributed by atoms with Gasteiger partial charge in [-0.3, -0.25) is 9.69 Å². The summed E-state index contributed by atoms with van der Waals surface area (Å²) in [5, 5.41) is 8.92. The molecule has 9 heteroatoms. The van der Waals surface area contributed by atoms with Crippen LogP contribution in [0.2, 0.25) is 0 Å². The molecule has 1 amide bonds. The minimum absolute atomic E-state index is 0.103. The van der Waals surface area contributed by atoms with E-state index in [-0.39, 0.29) is 23.8 Å². The van der Waals surface area contributed by atoms with Gasteiger partial charge in [-0.05, 0) is 37.3 Å². The van der Waals surface area contributed by atoms with Crippen molar-refractivity contribution in [1.29, 1.82) is 0 Å². The van der Waals surface area contributed by atoms with Crippen LogP contribution < -0.4 is 9.64 Å². The van der Waals surface area contributed by atoms with E-state index >= 15 is 0 Å². The standard InChI is InChI=1S/C23H22F2N4O2S/c1-5-17(30)29-20-13(4)10-12(3)11-15(20)19-21(26-23(28-27-19)32-6-2)31-22(29)14-8-7-9-16(24)18(14)25/h7-11,22H,5-6H2,1-4H3. The van der Waals surface area contributed by atoms with Gasteiger partial charge in [-0.2, -0.15) is 4.98 Å². The van der Waals surface area contributed by atoms with E-state index in [0.717, 1.165) is 22.9 Å². The highest BCUT2D eigenvalue weighted by atomic mass is 32.2. The molecule has 0 aliphatic carbocycles. The van der Waals surface area contributed by atoms with Gasteiger partial charge >= 0.3 is 0 Å². The van der Waals surface area contributed by atoms with Crippen LogP contribution in [0.15, 0.2) is 35.5 Å². The van der Waals surface area contributed by atoms with Gasteiger partial charge in [-0.15, -0.1) is 10.2 Å². The van der Waals surface area contributed by atoms with Crippen LogP contribution in [0.5, 0.6) is 5.88 Å². The zero-order valence-electron chi connectivity index (χ0n) is 18.1. The van der Waals surface area contributed by atoms with E-state index in [2.05, 4.69) is 15.2 Å². The molecule has 0 spiro atoms. The molecule has 0 saturated carbocycles. The molecule has 1 aliphatic rings. The van der Waals surface area contributed by atoms with E-state index in [4.69, 9.17) is 4.74 Å². The zero-order chi connectivity index (χ0) is 23.0. The van der Waals surface area contributed by atoms with Gasteiger partial charge in [0.25, 0.3) is 0 Å². The summed E-state index contributed by atoms with van der Waals surface area (Å²) in [6.45, 7) is 7.44. The molecule has 4 rings (SSSR count). The second-order valence-electron chi connectivity index (χ2n) is 7.39. The van der Waals surface area contributed by atoms with Gasteiger partial charge in [0.1, 0.15) is 0 Å². The summed E-state index contributed by atoms with van der Waals surface area (Å²) in [7, 11) is 0. The third kappa shape index (κ3) is 3.81. The fraction of sp³-hybridized carbons (Fsp3) is 0.304. The summed E-state index contributed by atoms with van der Waals surface area (Å²) in [5.41, 5.74) is 3.08. The van der Waals surface area contributed by atoms with Crippen LogP contribution in [0.4, 0.5) is 14.5 Å². The molecule has 6 nitrogen and oxygen atoms in total. The Morgan fingerprint density at radius 3 is 2.69 bits per heavy atom. The number of benzene rings is 2. The first kappa shape index (κ1) is 22.1. The zero-order valence-corrected chi connectivity index (χ0v) is 19.0. The van der Waals surface area contributed by atoms with Gasteiger partial charge in [-0.1, -0.05) is 49.4 Å². The number of carbonyl (C=O) groups is 1. The Kier molecular flexibility index (Phi) is 6.10. The molecule has 0 N–H and O–H groups in total. The van der Waals surface area contributed by atoms with Crippen molar-refractivity contribution in [3.05, 3.63) is 58.7 Å². The monoisotopic (exact) mass is 456 g/mol. The molecular formula is C23H22F2N4O2S. The minimum Gasteiger partial charge on any atom is -0.447 e. The fourth-order valence-corrected chi connectivity index (χ4v) is 4.32. The van der Waals surface area contributed by atoms with E-state index in [9.17, 15) is 13.6 Å². The van der Waals surface area contributed by atoms with Crippen molar-refractivity contribution in [3.8, 4) is 17.1 Å². The molecule has 0 saturated heterocycles. The lowest BCUT2D eigenvalue weighted by molar-refractivity contribution is -0.120. The molecule has 1 atom stereocenters. The van der Waals surface area contributed by atoms with Crippen LogP contribution in [-0.4, -0.2) is 26.8 Å². The van der Waals surface area contributed by atoms with E-state index < -0.39 is 17.9 Å². The maximum absolute atomic E-state index is 14.9. The lowest BCUT2D eigenvalue weighted by Gasteiger charge is -2.32. The molecule has 0 bridgehead atoms.